The molecule has 2 aromatic rings. The number of rotatable bonds is 8. The van der Waals surface area contributed by atoms with Crippen LogP contribution in [-0.4, -0.2) is 42.4 Å². The van der Waals surface area contributed by atoms with Gasteiger partial charge in [-0.25, -0.2) is 9.79 Å². The molecule has 0 bridgehead atoms. The van der Waals surface area contributed by atoms with Gasteiger partial charge >= 0.3 is 5.97 Å². The monoisotopic (exact) mass is 605 g/mol. The van der Waals surface area contributed by atoms with E-state index in [1.54, 1.807) is 50.3 Å². The molecule has 0 spiro atoms. The fraction of sp³-hybridized carbons (Fsp3) is 0.192. The molecule has 35 heavy (non-hydrogen) atoms. The number of carbonyl (C=O) groups excluding carboxylic acids is 2. The van der Waals surface area contributed by atoms with Crippen LogP contribution in [0.1, 0.15) is 28.4 Å². The van der Waals surface area contributed by atoms with Gasteiger partial charge in [0, 0.05) is 5.56 Å². The standard InChI is InChI=1S/C26H24INO6S/c1-5-11-34-23-18(27)12-16(13-19(23)32-4)14-20-22(29)21(26(31)33-6-2)25(35-20)28-24(30)17-10-8-7-9-15(17)3/h5,7-10,12-14,29H,1,6,11H2,2-4H3. The molecule has 1 heterocycles. The van der Waals surface area contributed by atoms with Crippen molar-refractivity contribution in [3.8, 4) is 11.5 Å². The van der Waals surface area contributed by atoms with Crippen molar-refractivity contribution in [3.05, 3.63) is 85.6 Å². The van der Waals surface area contributed by atoms with E-state index in [1.165, 1.54) is 7.11 Å². The highest BCUT2D eigenvalue weighted by atomic mass is 127. The molecule has 0 aromatic heterocycles. The molecular weight excluding hydrogens is 581 g/mol. The average Bonchev–Trinajstić information content (AvgIpc) is 3.12. The van der Waals surface area contributed by atoms with Crippen molar-refractivity contribution in [1.82, 2.24) is 0 Å². The first-order valence-electron chi connectivity index (χ1n) is 10.6. The summed E-state index contributed by atoms with van der Waals surface area (Å²) in [5.74, 6) is -0.483. The van der Waals surface area contributed by atoms with Crippen molar-refractivity contribution in [1.29, 1.82) is 0 Å². The Morgan fingerprint density at radius 1 is 1.26 bits per heavy atom. The summed E-state index contributed by atoms with van der Waals surface area (Å²) in [6, 6.07) is 10.6. The van der Waals surface area contributed by atoms with E-state index in [9.17, 15) is 14.7 Å². The molecule has 1 N–H and O–H groups in total. The first kappa shape index (κ1) is 26.6. The molecule has 0 unspecified atom stereocenters. The number of nitrogens with zero attached hydrogens (tertiary/aromatic N) is 1. The van der Waals surface area contributed by atoms with Crippen LogP contribution in [0, 0.1) is 10.5 Å². The molecular formula is C26H24INO6S. The van der Waals surface area contributed by atoms with E-state index in [0.717, 1.165) is 20.9 Å². The predicted molar refractivity (Wildman–Crippen MR) is 146 cm³/mol. The van der Waals surface area contributed by atoms with Crippen LogP contribution in [0.4, 0.5) is 0 Å². The number of ether oxygens (including phenoxy) is 3. The Morgan fingerprint density at radius 2 is 2.00 bits per heavy atom. The quantitative estimate of drug-likeness (QED) is 0.228. The zero-order valence-electron chi connectivity index (χ0n) is 19.5. The van der Waals surface area contributed by atoms with E-state index in [0.29, 0.717) is 34.1 Å². The van der Waals surface area contributed by atoms with Crippen LogP contribution >= 0.6 is 34.4 Å². The number of esters is 1. The molecule has 182 valence electrons. The van der Waals surface area contributed by atoms with Gasteiger partial charge in [-0.15, -0.1) is 0 Å². The van der Waals surface area contributed by atoms with Gasteiger partial charge in [-0.1, -0.05) is 42.6 Å². The van der Waals surface area contributed by atoms with Crippen molar-refractivity contribution in [2.75, 3.05) is 20.3 Å². The van der Waals surface area contributed by atoms with Gasteiger partial charge in [-0.2, -0.15) is 0 Å². The van der Waals surface area contributed by atoms with Gasteiger partial charge in [0.1, 0.15) is 23.0 Å². The molecule has 0 fully saturated rings. The highest BCUT2D eigenvalue weighted by molar-refractivity contribution is 14.1. The second-order valence-corrected chi connectivity index (χ2v) is 9.42. The fourth-order valence-corrected chi connectivity index (χ4v) is 5.01. The molecule has 0 saturated heterocycles. The zero-order chi connectivity index (χ0) is 25.5. The number of aliphatic hydroxyl groups is 1. The molecule has 7 nitrogen and oxygen atoms in total. The number of benzene rings is 2. The third-order valence-corrected chi connectivity index (χ3v) is 6.67. The summed E-state index contributed by atoms with van der Waals surface area (Å²) >= 11 is 3.15. The Balaban J connectivity index is 2.04. The zero-order valence-corrected chi connectivity index (χ0v) is 22.4. The van der Waals surface area contributed by atoms with Crippen molar-refractivity contribution in [2.24, 2.45) is 4.99 Å². The van der Waals surface area contributed by atoms with Gasteiger partial charge in [-0.05, 0) is 71.8 Å². The lowest BCUT2D eigenvalue weighted by Gasteiger charge is -2.12. The van der Waals surface area contributed by atoms with Gasteiger partial charge in [0.25, 0.3) is 5.91 Å². The lowest BCUT2D eigenvalue weighted by atomic mass is 10.1. The third kappa shape index (κ3) is 6.15. The molecule has 0 atom stereocenters. The number of halogens is 1. The molecule has 0 radical (unpaired) electrons. The molecule has 9 heteroatoms. The summed E-state index contributed by atoms with van der Waals surface area (Å²) in [5.41, 5.74) is 1.72. The summed E-state index contributed by atoms with van der Waals surface area (Å²) in [7, 11) is 1.53. The van der Waals surface area contributed by atoms with E-state index < -0.39 is 11.9 Å². The molecule has 0 aliphatic carbocycles. The fourth-order valence-electron chi connectivity index (χ4n) is 3.21. The number of aliphatic imine (C=N–C) groups is 1. The lowest BCUT2D eigenvalue weighted by molar-refractivity contribution is -0.138. The number of carbonyl (C=O) groups is 2. The maximum atomic E-state index is 12.9. The highest BCUT2D eigenvalue weighted by Crippen LogP contribution is 2.41. The van der Waals surface area contributed by atoms with E-state index in [2.05, 4.69) is 34.2 Å². The number of hydrogen-bond donors (Lipinski definition) is 1. The number of aliphatic hydroxyl groups excluding tert-OH is 1. The summed E-state index contributed by atoms with van der Waals surface area (Å²) in [4.78, 5) is 30.0. The second kappa shape index (κ2) is 12.1. The molecule has 3 rings (SSSR count). The minimum Gasteiger partial charge on any atom is -0.506 e. The highest BCUT2D eigenvalue weighted by Gasteiger charge is 2.34. The first-order valence-corrected chi connectivity index (χ1v) is 12.5. The van der Waals surface area contributed by atoms with Crippen LogP contribution in [0.15, 0.2) is 70.3 Å². The van der Waals surface area contributed by atoms with Crippen molar-refractivity contribution < 1.29 is 28.9 Å². The van der Waals surface area contributed by atoms with Crippen molar-refractivity contribution >= 4 is 57.3 Å². The SMILES string of the molecule is C=CCOc1c(I)cc(C=C2SC(=NC(=O)c3ccccc3C)C(C(=O)OCC)=C2O)cc1OC. The third-order valence-electron chi connectivity index (χ3n) is 4.84. The summed E-state index contributed by atoms with van der Waals surface area (Å²) in [5, 5.41) is 11.0. The smallest absolute Gasteiger partial charge is 0.344 e. The Labute approximate surface area is 221 Å². The van der Waals surface area contributed by atoms with Crippen LogP contribution < -0.4 is 9.47 Å². The van der Waals surface area contributed by atoms with Crippen LogP contribution in [0.5, 0.6) is 11.5 Å². The van der Waals surface area contributed by atoms with Crippen LogP contribution in [0.2, 0.25) is 0 Å². The van der Waals surface area contributed by atoms with E-state index in [-0.39, 0.29) is 23.0 Å². The number of amides is 1. The number of methoxy groups -OCH3 is 1. The minimum atomic E-state index is -0.752. The van der Waals surface area contributed by atoms with Gasteiger partial charge in [-0.3, -0.25) is 4.79 Å². The van der Waals surface area contributed by atoms with Crippen LogP contribution in [0.3, 0.4) is 0 Å². The Bertz CT molecular complexity index is 1260. The summed E-state index contributed by atoms with van der Waals surface area (Å²) in [6.45, 7) is 7.55. The van der Waals surface area contributed by atoms with Crippen molar-refractivity contribution in [3.63, 3.8) is 0 Å². The lowest BCUT2D eigenvalue weighted by Crippen LogP contribution is -2.14. The van der Waals surface area contributed by atoms with Crippen molar-refractivity contribution in [2.45, 2.75) is 13.8 Å². The normalized spacial score (nSPS) is 15.4. The van der Waals surface area contributed by atoms with Gasteiger partial charge in [0.2, 0.25) is 0 Å². The minimum absolute atomic E-state index is 0.0769. The Kier molecular flexibility index (Phi) is 9.16. The maximum absolute atomic E-state index is 12.9. The molecule has 1 aliphatic rings. The van der Waals surface area contributed by atoms with E-state index in [1.807, 2.05) is 12.1 Å². The maximum Gasteiger partial charge on any atom is 0.344 e. The van der Waals surface area contributed by atoms with Gasteiger partial charge < -0.3 is 19.3 Å². The molecule has 2 aromatic carbocycles. The first-order chi connectivity index (χ1) is 16.8. The largest absolute Gasteiger partial charge is 0.506 e. The van der Waals surface area contributed by atoms with E-state index >= 15 is 0 Å². The molecule has 1 amide bonds. The average molecular weight is 605 g/mol. The summed E-state index contributed by atoms with van der Waals surface area (Å²) in [6.07, 6.45) is 3.32. The van der Waals surface area contributed by atoms with E-state index in [4.69, 9.17) is 14.2 Å². The topological polar surface area (TPSA) is 94.4 Å². The Hall–Kier alpha value is -3.05. The van der Waals surface area contributed by atoms with Gasteiger partial charge in [0.15, 0.2) is 11.5 Å². The van der Waals surface area contributed by atoms with Gasteiger partial charge in [0.05, 0.1) is 22.2 Å². The summed E-state index contributed by atoms with van der Waals surface area (Å²) < 4.78 is 17.1. The molecule has 1 aliphatic heterocycles. The molecule has 0 saturated carbocycles. The number of thioether (sulfide) groups is 1. The second-order valence-electron chi connectivity index (χ2n) is 7.23. The number of hydrogen-bond acceptors (Lipinski definition) is 7. The predicted octanol–water partition coefficient (Wildman–Crippen LogP) is 5.87. The number of aryl methyl sites for hydroxylation is 1. The van der Waals surface area contributed by atoms with Crippen LogP contribution in [-0.2, 0) is 9.53 Å². The van der Waals surface area contributed by atoms with Crippen LogP contribution in [0.25, 0.3) is 6.08 Å². The Morgan fingerprint density at radius 3 is 2.66 bits per heavy atom.